The first kappa shape index (κ1) is 21.6. The standard InChI is InChI=1S/C26H22O8/c27-25(23-15-29-19-8-1-3-10-21(19)33-23)31-13-17-6-5-7-18(12-17)14-32-26(28)24-16-30-20-9-2-4-11-22(20)34-24/h1-12,23-24H,13-16H2. The largest absolute Gasteiger partial charge is 0.485 e. The Kier molecular flexibility index (Phi) is 6.20. The third-order valence-electron chi connectivity index (χ3n) is 5.30. The summed E-state index contributed by atoms with van der Waals surface area (Å²) in [6.45, 7) is 0.281. The minimum Gasteiger partial charge on any atom is -0.485 e. The Morgan fingerprint density at radius 1 is 0.647 bits per heavy atom. The summed E-state index contributed by atoms with van der Waals surface area (Å²) < 4.78 is 33.3. The lowest BCUT2D eigenvalue weighted by atomic mass is 10.1. The number of ether oxygens (including phenoxy) is 6. The summed E-state index contributed by atoms with van der Waals surface area (Å²) in [5.74, 6) is 1.19. The van der Waals surface area contributed by atoms with Crippen LogP contribution in [0.5, 0.6) is 23.0 Å². The van der Waals surface area contributed by atoms with Crippen LogP contribution in [0.1, 0.15) is 11.1 Å². The topological polar surface area (TPSA) is 89.5 Å². The summed E-state index contributed by atoms with van der Waals surface area (Å²) in [4.78, 5) is 24.8. The number of hydrogen-bond acceptors (Lipinski definition) is 8. The molecule has 2 heterocycles. The van der Waals surface area contributed by atoms with Crippen molar-refractivity contribution in [2.75, 3.05) is 13.2 Å². The molecule has 174 valence electrons. The molecule has 0 saturated carbocycles. The molecule has 8 heteroatoms. The van der Waals surface area contributed by atoms with E-state index in [9.17, 15) is 9.59 Å². The second-order valence-electron chi connectivity index (χ2n) is 7.76. The van der Waals surface area contributed by atoms with E-state index in [-0.39, 0.29) is 26.4 Å². The molecule has 8 nitrogen and oxygen atoms in total. The second-order valence-corrected chi connectivity index (χ2v) is 7.76. The lowest BCUT2D eigenvalue weighted by Gasteiger charge is -2.25. The van der Waals surface area contributed by atoms with Gasteiger partial charge in [0.25, 0.3) is 0 Å². The second kappa shape index (κ2) is 9.74. The van der Waals surface area contributed by atoms with Gasteiger partial charge in [-0.1, -0.05) is 42.5 Å². The molecule has 2 unspecified atom stereocenters. The monoisotopic (exact) mass is 462 g/mol. The summed E-state index contributed by atoms with van der Waals surface area (Å²) in [7, 11) is 0. The fourth-order valence-electron chi connectivity index (χ4n) is 3.58. The van der Waals surface area contributed by atoms with Gasteiger partial charge in [-0.2, -0.15) is 0 Å². The van der Waals surface area contributed by atoms with Crippen molar-refractivity contribution in [1.29, 1.82) is 0 Å². The van der Waals surface area contributed by atoms with Gasteiger partial charge in [-0.05, 0) is 41.5 Å². The molecule has 0 saturated heterocycles. The molecule has 0 aliphatic carbocycles. The highest BCUT2D eigenvalue weighted by molar-refractivity contribution is 5.76. The zero-order valence-electron chi connectivity index (χ0n) is 18.2. The van der Waals surface area contributed by atoms with Gasteiger partial charge in [-0.3, -0.25) is 0 Å². The molecular weight excluding hydrogens is 440 g/mol. The number of carbonyl (C=O) groups excluding carboxylic acids is 2. The van der Waals surface area contributed by atoms with E-state index in [4.69, 9.17) is 28.4 Å². The lowest BCUT2D eigenvalue weighted by molar-refractivity contribution is -0.156. The predicted molar refractivity (Wildman–Crippen MR) is 119 cm³/mol. The van der Waals surface area contributed by atoms with Gasteiger partial charge >= 0.3 is 11.9 Å². The zero-order chi connectivity index (χ0) is 23.3. The Morgan fingerprint density at radius 2 is 1.09 bits per heavy atom. The van der Waals surface area contributed by atoms with Crippen molar-refractivity contribution in [3.8, 4) is 23.0 Å². The Labute approximate surface area is 195 Å². The molecule has 0 spiro atoms. The highest BCUT2D eigenvalue weighted by atomic mass is 16.6. The molecule has 2 aliphatic rings. The van der Waals surface area contributed by atoms with Crippen LogP contribution in [0.25, 0.3) is 0 Å². The summed E-state index contributed by atoms with van der Waals surface area (Å²) >= 11 is 0. The van der Waals surface area contributed by atoms with E-state index in [1.54, 1.807) is 42.5 Å². The van der Waals surface area contributed by atoms with E-state index in [2.05, 4.69) is 0 Å². The van der Waals surface area contributed by atoms with Crippen LogP contribution >= 0.6 is 0 Å². The first-order valence-corrected chi connectivity index (χ1v) is 10.8. The van der Waals surface area contributed by atoms with Crippen molar-refractivity contribution >= 4 is 11.9 Å². The van der Waals surface area contributed by atoms with E-state index in [0.717, 1.165) is 11.1 Å². The van der Waals surface area contributed by atoms with E-state index >= 15 is 0 Å². The molecule has 2 aliphatic heterocycles. The van der Waals surface area contributed by atoms with Crippen molar-refractivity contribution in [1.82, 2.24) is 0 Å². The predicted octanol–water partition coefficient (Wildman–Crippen LogP) is 3.45. The minimum absolute atomic E-state index is 0.0541. The first-order valence-electron chi connectivity index (χ1n) is 10.8. The number of hydrogen-bond donors (Lipinski definition) is 0. The Hall–Kier alpha value is -4.20. The maximum atomic E-state index is 12.4. The van der Waals surface area contributed by atoms with Crippen molar-refractivity contribution < 1.29 is 38.0 Å². The van der Waals surface area contributed by atoms with Crippen molar-refractivity contribution in [2.45, 2.75) is 25.4 Å². The average Bonchev–Trinajstić information content (AvgIpc) is 2.90. The molecule has 34 heavy (non-hydrogen) atoms. The number of esters is 2. The van der Waals surface area contributed by atoms with E-state index < -0.39 is 24.1 Å². The molecule has 0 N–H and O–H groups in total. The van der Waals surface area contributed by atoms with Gasteiger partial charge in [0, 0.05) is 0 Å². The van der Waals surface area contributed by atoms with Crippen molar-refractivity contribution in [3.05, 3.63) is 83.9 Å². The van der Waals surface area contributed by atoms with Crippen LogP contribution in [0.15, 0.2) is 72.8 Å². The van der Waals surface area contributed by atoms with Gasteiger partial charge < -0.3 is 28.4 Å². The molecule has 0 bridgehead atoms. The van der Waals surface area contributed by atoms with Crippen molar-refractivity contribution in [2.24, 2.45) is 0 Å². The van der Waals surface area contributed by atoms with Crippen LogP contribution in [0.2, 0.25) is 0 Å². The number of carbonyl (C=O) groups is 2. The number of para-hydroxylation sites is 4. The smallest absolute Gasteiger partial charge is 0.351 e. The Bertz CT molecular complexity index is 1100. The van der Waals surface area contributed by atoms with Crippen LogP contribution in [-0.4, -0.2) is 37.4 Å². The van der Waals surface area contributed by atoms with Crippen LogP contribution < -0.4 is 18.9 Å². The maximum absolute atomic E-state index is 12.4. The molecule has 2 atom stereocenters. The third-order valence-corrected chi connectivity index (χ3v) is 5.30. The van der Waals surface area contributed by atoms with E-state index in [1.807, 2.05) is 30.3 Å². The molecule has 0 radical (unpaired) electrons. The van der Waals surface area contributed by atoms with Gasteiger partial charge in [-0.25, -0.2) is 9.59 Å². The van der Waals surface area contributed by atoms with Crippen LogP contribution in [0, 0.1) is 0 Å². The minimum atomic E-state index is -0.832. The summed E-state index contributed by atoms with van der Waals surface area (Å²) in [6, 6.07) is 21.6. The molecule has 0 aromatic heterocycles. The molecular formula is C26H22O8. The van der Waals surface area contributed by atoms with Crippen LogP contribution in [0.3, 0.4) is 0 Å². The molecule has 3 aromatic rings. The van der Waals surface area contributed by atoms with Crippen molar-refractivity contribution in [3.63, 3.8) is 0 Å². The molecule has 3 aromatic carbocycles. The van der Waals surface area contributed by atoms with Crippen LogP contribution in [0.4, 0.5) is 0 Å². The number of rotatable bonds is 6. The average molecular weight is 462 g/mol. The highest BCUT2D eigenvalue weighted by Gasteiger charge is 2.29. The fraction of sp³-hybridized carbons (Fsp3) is 0.231. The SMILES string of the molecule is O=C(OCc1cccc(COC(=O)C2COc3ccccc3O2)c1)C1COc2ccccc2O1. The summed E-state index contributed by atoms with van der Waals surface area (Å²) in [6.07, 6.45) is -1.66. The fourth-order valence-corrected chi connectivity index (χ4v) is 3.58. The molecule has 0 fully saturated rings. The highest BCUT2D eigenvalue weighted by Crippen LogP contribution is 2.32. The lowest BCUT2D eigenvalue weighted by Crippen LogP contribution is -2.37. The Morgan fingerprint density at radius 3 is 1.56 bits per heavy atom. The number of fused-ring (bicyclic) bond motifs is 2. The summed E-state index contributed by atoms with van der Waals surface area (Å²) in [5.41, 5.74) is 1.51. The third kappa shape index (κ3) is 4.91. The normalized spacial score (nSPS) is 18.0. The maximum Gasteiger partial charge on any atom is 0.351 e. The van der Waals surface area contributed by atoms with Gasteiger partial charge in [-0.15, -0.1) is 0 Å². The zero-order valence-corrected chi connectivity index (χ0v) is 18.2. The van der Waals surface area contributed by atoms with Crippen LogP contribution in [-0.2, 0) is 32.3 Å². The van der Waals surface area contributed by atoms with E-state index in [0.29, 0.717) is 23.0 Å². The first-order chi connectivity index (χ1) is 16.7. The van der Waals surface area contributed by atoms with Gasteiger partial charge in [0.05, 0.1) is 0 Å². The molecule has 0 amide bonds. The van der Waals surface area contributed by atoms with Gasteiger partial charge in [0.2, 0.25) is 12.2 Å². The van der Waals surface area contributed by atoms with Gasteiger partial charge in [0.15, 0.2) is 23.0 Å². The van der Waals surface area contributed by atoms with Gasteiger partial charge in [0.1, 0.15) is 26.4 Å². The number of benzene rings is 3. The van der Waals surface area contributed by atoms with E-state index in [1.165, 1.54) is 0 Å². The summed E-state index contributed by atoms with van der Waals surface area (Å²) in [5, 5.41) is 0. The quantitative estimate of drug-likeness (QED) is 0.515. The Balaban J connectivity index is 1.11. The molecule has 5 rings (SSSR count).